The van der Waals surface area contributed by atoms with Gasteiger partial charge in [-0.25, -0.2) is 0 Å². The Morgan fingerprint density at radius 3 is 2.72 bits per heavy atom. The number of methoxy groups -OCH3 is 1. The smallest absolute Gasteiger partial charge is 0.257 e. The summed E-state index contributed by atoms with van der Waals surface area (Å²) in [6.45, 7) is 3.37. The largest absolute Gasteiger partial charge is 0.380 e. The van der Waals surface area contributed by atoms with Gasteiger partial charge in [-0.05, 0) is 37.1 Å². The molecule has 0 bridgehead atoms. The van der Waals surface area contributed by atoms with Crippen LogP contribution in [0, 0.1) is 11.5 Å². The molecule has 2 saturated heterocycles. The highest BCUT2D eigenvalue weighted by Crippen LogP contribution is 2.28. The summed E-state index contributed by atoms with van der Waals surface area (Å²) in [7, 11) is 1.77. The summed E-state index contributed by atoms with van der Waals surface area (Å²) in [5, 5.41) is 13.1. The molecule has 7 heteroatoms. The Kier molecular flexibility index (Phi) is 4.28. The van der Waals surface area contributed by atoms with Crippen molar-refractivity contribution in [3.8, 4) is 17.6 Å². The molecule has 3 heterocycles. The van der Waals surface area contributed by atoms with Gasteiger partial charge < -0.3 is 19.1 Å². The lowest BCUT2D eigenvalue weighted by Gasteiger charge is -2.18. The summed E-state index contributed by atoms with van der Waals surface area (Å²) >= 11 is 0. The van der Waals surface area contributed by atoms with Gasteiger partial charge in [0.1, 0.15) is 0 Å². The maximum Gasteiger partial charge on any atom is 0.257 e. The molecule has 2 fully saturated rings. The molecule has 25 heavy (non-hydrogen) atoms. The van der Waals surface area contributed by atoms with Crippen molar-refractivity contribution in [1.82, 2.24) is 15.0 Å². The van der Waals surface area contributed by atoms with Gasteiger partial charge in [-0.1, -0.05) is 5.16 Å². The van der Waals surface area contributed by atoms with Crippen molar-refractivity contribution < 1.29 is 9.26 Å². The van der Waals surface area contributed by atoms with E-state index in [1.165, 1.54) is 5.69 Å². The molecule has 2 atom stereocenters. The standard InChI is InChI=1S/C18H21N5O2/c1-24-16-7-9-23(11-16)15-4-2-13(3-5-15)18-20-17(21-25-18)14-6-8-22(10-14)12-19/h2-5,14,16H,6-11H2,1H3/t14?,16-/m1/s1. The van der Waals surface area contributed by atoms with Gasteiger partial charge in [0.25, 0.3) is 5.89 Å². The number of rotatable bonds is 4. The number of aromatic nitrogens is 2. The molecule has 0 saturated carbocycles. The Morgan fingerprint density at radius 1 is 1.20 bits per heavy atom. The van der Waals surface area contributed by atoms with E-state index >= 15 is 0 Å². The summed E-state index contributed by atoms with van der Waals surface area (Å²) in [6, 6.07) is 8.21. The van der Waals surface area contributed by atoms with Gasteiger partial charge in [0.15, 0.2) is 12.0 Å². The van der Waals surface area contributed by atoms with Crippen LogP contribution in [0.1, 0.15) is 24.6 Å². The van der Waals surface area contributed by atoms with E-state index < -0.39 is 0 Å². The maximum absolute atomic E-state index is 8.96. The molecule has 2 aliphatic heterocycles. The first-order chi connectivity index (χ1) is 12.3. The topological polar surface area (TPSA) is 78.4 Å². The van der Waals surface area contributed by atoms with Crippen LogP contribution >= 0.6 is 0 Å². The summed E-state index contributed by atoms with van der Waals surface area (Å²) < 4.78 is 10.9. The highest BCUT2D eigenvalue weighted by molar-refractivity contribution is 5.59. The van der Waals surface area contributed by atoms with E-state index in [0.29, 0.717) is 24.4 Å². The van der Waals surface area contributed by atoms with Crippen LogP contribution in [0.15, 0.2) is 28.8 Å². The number of nitrogens with zero attached hydrogens (tertiary/aromatic N) is 5. The summed E-state index contributed by atoms with van der Waals surface area (Å²) in [5.41, 5.74) is 2.10. The summed E-state index contributed by atoms with van der Waals surface area (Å²) in [6.07, 6.45) is 4.44. The number of hydrogen-bond acceptors (Lipinski definition) is 7. The first-order valence-corrected chi connectivity index (χ1v) is 8.63. The zero-order chi connectivity index (χ0) is 17.2. The summed E-state index contributed by atoms with van der Waals surface area (Å²) in [4.78, 5) is 8.60. The number of nitriles is 1. The van der Waals surface area contributed by atoms with E-state index in [1.54, 1.807) is 12.0 Å². The lowest BCUT2D eigenvalue weighted by molar-refractivity contribution is 0.121. The van der Waals surface area contributed by atoms with E-state index in [9.17, 15) is 0 Å². The third-order valence-corrected chi connectivity index (χ3v) is 5.09. The summed E-state index contributed by atoms with van der Waals surface area (Å²) in [5.74, 6) is 1.40. The van der Waals surface area contributed by atoms with Crippen LogP contribution in [0.5, 0.6) is 0 Å². The Hall–Kier alpha value is -2.59. The molecule has 0 amide bonds. The zero-order valence-electron chi connectivity index (χ0n) is 14.3. The van der Waals surface area contributed by atoms with Crippen molar-refractivity contribution in [3.63, 3.8) is 0 Å². The number of anilines is 1. The van der Waals surface area contributed by atoms with E-state index in [0.717, 1.165) is 38.0 Å². The number of hydrogen-bond donors (Lipinski definition) is 0. The van der Waals surface area contributed by atoms with Crippen LogP contribution in [0.2, 0.25) is 0 Å². The Balaban J connectivity index is 1.45. The number of likely N-dealkylation sites (tertiary alicyclic amines) is 1. The maximum atomic E-state index is 8.96. The SMILES string of the molecule is CO[C@@H]1CCN(c2ccc(-c3nc(C4CCN(C#N)C4)no3)cc2)C1. The van der Waals surface area contributed by atoms with Crippen LogP contribution < -0.4 is 4.90 Å². The van der Waals surface area contributed by atoms with Gasteiger partial charge in [0.2, 0.25) is 0 Å². The monoisotopic (exact) mass is 339 g/mol. The normalized spacial score (nSPS) is 23.2. The van der Waals surface area contributed by atoms with Gasteiger partial charge in [-0.15, -0.1) is 0 Å². The number of ether oxygens (including phenoxy) is 1. The van der Waals surface area contributed by atoms with Crippen LogP contribution in [0.25, 0.3) is 11.5 Å². The average molecular weight is 339 g/mol. The van der Waals surface area contributed by atoms with E-state index in [2.05, 4.69) is 33.4 Å². The minimum Gasteiger partial charge on any atom is -0.380 e. The van der Waals surface area contributed by atoms with Gasteiger partial charge in [-0.3, -0.25) is 0 Å². The molecular formula is C18H21N5O2. The molecule has 2 aliphatic rings. The number of benzene rings is 1. The quantitative estimate of drug-likeness (QED) is 0.790. The van der Waals surface area contributed by atoms with E-state index in [-0.39, 0.29) is 5.92 Å². The third-order valence-electron chi connectivity index (χ3n) is 5.09. The Labute approximate surface area is 146 Å². The third kappa shape index (κ3) is 3.17. The van der Waals surface area contributed by atoms with Gasteiger partial charge in [0, 0.05) is 50.5 Å². The molecule has 0 spiro atoms. The van der Waals surface area contributed by atoms with Crippen molar-refractivity contribution in [2.75, 3.05) is 38.2 Å². The molecule has 0 radical (unpaired) electrons. The van der Waals surface area contributed by atoms with Gasteiger partial charge in [0.05, 0.1) is 6.10 Å². The second kappa shape index (κ2) is 6.73. The van der Waals surface area contributed by atoms with Crippen LogP contribution in [0.4, 0.5) is 5.69 Å². The predicted octanol–water partition coefficient (Wildman–Crippen LogP) is 2.23. The molecule has 0 N–H and O–H groups in total. The van der Waals surface area contributed by atoms with Crippen LogP contribution in [-0.2, 0) is 4.74 Å². The van der Waals surface area contributed by atoms with Crippen molar-refractivity contribution >= 4 is 5.69 Å². The minimum atomic E-state index is 0.173. The molecule has 1 aromatic carbocycles. The average Bonchev–Trinajstić information content (AvgIpc) is 3.41. The highest BCUT2D eigenvalue weighted by Gasteiger charge is 2.27. The van der Waals surface area contributed by atoms with Crippen molar-refractivity contribution in [2.24, 2.45) is 0 Å². The van der Waals surface area contributed by atoms with Crippen LogP contribution in [-0.4, -0.2) is 54.4 Å². The van der Waals surface area contributed by atoms with Crippen LogP contribution in [0.3, 0.4) is 0 Å². The van der Waals surface area contributed by atoms with Crippen molar-refractivity contribution in [3.05, 3.63) is 30.1 Å². The van der Waals surface area contributed by atoms with Gasteiger partial charge >= 0.3 is 0 Å². The molecule has 130 valence electrons. The fourth-order valence-electron chi connectivity index (χ4n) is 3.55. The fraction of sp³-hybridized carbons (Fsp3) is 0.500. The molecule has 2 aromatic rings. The first kappa shape index (κ1) is 15.9. The first-order valence-electron chi connectivity index (χ1n) is 8.63. The molecular weight excluding hydrogens is 318 g/mol. The Bertz CT molecular complexity index is 767. The van der Waals surface area contributed by atoms with Gasteiger partial charge in [-0.2, -0.15) is 10.2 Å². The molecule has 0 aliphatic carbocycles. The zero-order valence-corrected chi connectivity index (χ0v) is 14.3. The molecule has 1 aromatic heterocycles. The van der Waals surface area contributed by atoms with Crippen molar-refractivity contribution in [2.45, 2.75) is 24.9 Å². The second-order valence-electron chi connectivity index (χ2n) is 6.63. The second-order valence-corrected chi connectivity index (χ2v) is 6.63. The lowest BCUT2D eigenvalue weighted by Crippen LogP contribution is -2.21. The predicted molar refractivity (Wildman–Crippen MR) is 91.9 cm³/mol. The highest BCUT2D eigenvalue weighted by atomic mass is 16.5. The fourth-order valence-corrected chi connectivity index (χ4v) is 3.55. The molecule has 1 unspecified atom stereocenters. The molecule has 7 nitrogen and oxygen atoms in total. The lowest BCUT2D eigenvalue weighted by atomic mass is 10.1. The van der Waals surface area contributed by atoms with E-state index in [1.807, 2.05) is 12.1 Å². The van der Waals surface area contributed by atoms with E-state index in [4.69, 9.17) is 14.5 Å². The Morgan fingerprint density at radius 2 is 2.04 bits per heavy atom. The minimum absolute atomic E-state index is 0.173. The van der Waals surface area contributed by atoms with Crippen molar-refractivity contribution in [1.29, 1.82) is 5.26 Å². The molecule has 4 rings (SSSR count).